The van der Waals surface area contributed by atoms with E-state index in [1.165, 1.54) is 11.3 Å². The Morgan fingerprint density at radius 3 is 1.79 bits per heavy atom. The summed E-state index contributed by atoms with van der Waals surface area (Å²) in [5.74, 6) is 0. The number of aromatic amines is 2. The molecule has 2 aliphatic heterocycles. The molecule has 166 valence electrons. The highest BCUT2D eigenvalue weighted by Crippen LogP contribution is 2.30. The van der Waals surface area contributed by atoms with Crippen LogP contribution in [0.3, 0.4) is 0 Å². The highest BCUT2D eigenvalue weighted by molar-refractivity contribution is 5.88. The average Bonchev–Trinajstić information content (AvgIpc) is 3.58. The summed E-state index contributed by atoms with van der Waals surface area (Å²) in [6.07, 6.45) is 8.12. The van der Waals surface area contributed by atoms with Gasteiger partial charge in [-0.3, -0.25) is 4.48 Å². The minimum atomic E-state index is 0.786. The Morgan fingerprint density at radius 1 is 0.559 bits per heavy atom. The van der Waals surface area contributed by atoms with E-state index in [9.17, 15) is 0 Å². The van der Waals surface area contributed by atoms with E-state index < -0.39 is 0 Å². The molecule has 5 heteroatoms. The van der Waals surface area contributed by atoms with Crippen molar-refractivity contribution in [3.05, 3.63) is 89.5 Å². The molecule has 6 rings (SSSR count). The van der Waals surface area contributed by atoms with Crippen LogP contribution in [0.4, 0.5) is 5.69 Å². The first-order valence-corrected chi connectivity index (χ1v) is 11.4. The summed E-state index contributed by atoms with van der Waals surface area (Å²) in [5.41, 5.74) is 11.3. The van der Waals surface area contributed by atoms with E-state index in [0.717, 1.165) is 54.9 Å². The molecule has 2 N–H and O–H groups in total. The van der Waals surface area contributed by atoms with Crippen LogP contribution in [-0.2, 0) is 0 Å². The van der Waals surface area contributed by atoms with Crippen molar-refractivity contribution in [3.63, 3.8) is 0 Å². The third-order valence-corrected chi connectivity index (χ3v) is 6.12. The van der Waals surface area contributed by atoms with Gasteiger partial charge in [0.2, 0.25) is 0 Å². The van der Waals surface area contributed by atoms with Crippen LogP contribution in [0.15, 0.2) is 66.7 Å². The van der Waals surface area contributed by atoms with Gasteiger partial charge in [0, 0.05) is 27.6 Å². The standard InChI is InChI=1S/C29H26N5/c1-34(2,3)27-12-4-19(5-13-27)28-17-26-16-24-9-8-22(31-24)14-20-6-7-21(30-20)15-23-10-11-25(32-23)18-29(28)33-26/h4-18,31,33H,1-3H3/q+1. The summed E-state index contributed by atoms with van der Waals surface area (Å²) in [6, 6.07) is 23.5. The smallest absolute Gasteiger partial charge is 0.132 e. The molecule has 2 aliphatic rings. The van der Waals surface area contributed by atoms with Crippen molar-refractivity contribution < 1.29 is 0 Å². The van der Waals surface area contributed by atoms with E-state index in [2.05, 4.69) is 91.8 Å². The van der Waals surface area contributed by atoms with Gasteiger partial charge >= 0.3 is 0 Å². The largest absolute Gasteiger partial charge is 0.355 e. The van der Waals surface area contributed by atoms with Crippen molar-refractivity contribution in [1.82, 2.24) is 24.4 Å². The number of quaternary nitrogens is 1. The molecule has 0 unspecified atom stereocenters. The number of fused-ring (bicyclic) bond motifs is 8. The van der Waals surface area contributed by atoms with Crippen LogP contribution >= 0.6 is 0 Å². The molecule has 34 heavy (non-hydrogen) atoms. The van der Waals surface area contributed by atoms with Crippen molar-refractivity contribution >= 4 is 52.1 Å². The topological polar surface area (TPSA) is 57.4 Å². The predicted molar refractivity (Wildman–Crippen MR) is 144 cm³/mol. The molecule has 0 saturated carbocycles. The van der Waals surface area contributed by atoms with Crippen LogP contribution < -0.4 is 4.48 Å². The Kier molecular flexibility index (Phi) is 4.61. The van der Waals surface area contributed by atoms with Gasteiger partial charge in [0.1, 0.15) is 5.69 Å². The number of nitrogens with one attached hydrogen (secondary N) is 2. The molecule has 5 nitrogen and oxygen atoms in total. The maximum atomic E-state index is 4.80. The molecule has 0 aliphatic carbocycles. The maximum absolute atomic E-state index is 4.80. The molecule has 0 spiro atoms. The highest BCUT2D eigenvalue weighted by Gasteiger charge is 2.13. The van der Waals surface area contributed by atoms with E-state index in [1.807, 2.05) is 30.4 Å². The summed E-state index contributed by atoms with van der Waals surface area (Å²) < 4.78 is 0.786. The van der Waals surface area contributed by atoms with Gasteiger partial charge in [-0.2, -0.15) is 0 Å². The third-order valence-electron chi connectivity index (χ3n) is 6.12. The molecule has 3 aromatic heterocycles. The van der Waals surface area contributed by atoms with Crippen LogP contribution in [-0.4, -0.2) is 41.1 Å². The van der Waals surface area contributed by atoms with Crippen molar-refractivity contribution in [2.24, 2.45) is 0 Å². The lowest BCUT2D eigenvalue weighted by Crippen LogP contribution is -2.34. The first kappa shape index (κ1) is 20.4. The van der Waals surface area contributed by atoms with Crippen LogP contribution in [0.25, 0.3) is 57.5 Å². The Balaban J connectivity index is 1.60. The van der Waals surface area contributed by atoms with Crippen molar-refractivity contribution in [2.75, 3.05) is 21.1 Å². The molecule has 0 amide bonds. The number of H-pyrrole nitrogens is 2. The van der Waals surface area contributed by atoms with Crippen LogP contribution in [0.5, 0.6) is 0 Å². The van der Waals surface area contributed by atoms with E-state index in [0.29, 0.717) is 0 Å². The fraction of sp³-hybridized carbons (Fsp3) is 0.103. The Hall–Kier alpha value is -4.22. The second-order valence-electron chi connectivity index (χ2n) is 9.65. The predicted octanol–water partition coefficient (Wildman–Crippen LogP) is 6.52. The van der Waals surface area contributed by atoms with Gasteiger partial charge in [-0.25, -0.2) is 9.97 Å². The number of hydrogen-bond acceptors (Lipinski definition) is 2. The zero-order chi connectivity index (χ0) is 23.3. The van der Waals surface area contributed by atoms with Crippen molar-refractivity contribution in [1.29, 1.82) is 0 Å². The quantitative estimate of drug-likeness (QED) is 0.299. The van der Waals surface area contributed by atoms with E-state index in [-0.39, 0.29) is 0 Å². The van der Waals surface area contributed by atoms with Crippen molar-refractivity contribution in [3.8, 4) is 11.1 Å². The van der Waals surface area contributed by atoms with Crippen molar-refractivity contribution in [2.45, 2.75) is 0 Å². The van der Waals surface area contributed by atoms with Gasteiger partial charge in [-0.15, -0.1) is 0 Å². The molecule has 0 fully saturated rings. The molecule has 1 aromatic carbocycles. The monoisotopic (exact) mass is 444 g/mol. The SMILES string of the molecule is C[N+](C)(C)c1ccc(-c2cc3cc4ccc(cc5nc(cc6nc(cc2[nH]3)C=C6)C=C5)[nH]4)cc1. The summed E-state index contributed by atoms with van der Waals surface area (Å²) in [6.45, 7) is 0. The van der Waals surface area contributed by atoms with Gasteiger partial charge in [0.25, 0.3) is 0 Å². The molecule has 4 aromatic rings. The molecule has 0 radical (unpaired) electrons. The minimum Gasteiger partial charge on any atom is -0.355 e. The van der Waals surface area contributed by atoms with Crippen LogP contribution in [0.1, 0.15) is 22.8 Å². The fourth-order valence-corrected chi connectivity index (χ4v) is 4.35. The van der Waals surface area contributed by atoms with Crippen LogP contribution in [0.2, 0.25) is 0 Å². The number of aromatic nitrogens is 4. The fourth-order valence-electron chi connectivity index (χ4n) is 4.35. The van der Waals surface area contributed by atoms with Gasteiger partial charge < -0.3 is 9.97 Å². The van der Waals surface area contributed by atoms with E-state index in [4.69, 9.17) is 9.97 Å². The lowest BCUT2D eigenvalue weighted by Gasteiger charge is -2.23. The average molecular weight is 445 g/mol. The first-order valence-electron chi connectivity index (χ1n) is 11.4. The number of rotatable bonds is 2. The summed E-state index contributed by atoms with van der Waals surface area (Å²) in [5, 5.41) is 0. The molecule has 0 atom stereocenters. The summed E-state index contributed by atoms with van der Waals surface area (Å²) in [7, 11) is 6.54. The number of hydrogen-bond donors (Lipinski definition) is 2. The number of nitrogens with zero attached hydrogens (tertiary/aromatic N) is 3. The van der Waals surface area contributed by atoms with E-state index >= 15 is 0 Å². The molecule has 5 heterocycles. The third kappa shape index (κ3) is 3.98. The van der Waals surface area contributed by atoms with Gasteiger partial charge in [0.15, 0.2) is 0 Å². The zero-order valence-corrected chi connectivity index (χ0v) is 19.5. The van der Waals surface area contributed by atoms with Crippen LogP contribution in [0, 0.1) is 0 Å². The summed E-state index contributed by atoms with van der Waals surface area (Å²) in [4.78, 5) is 16.6. The van der Waals surface area contributed by atoms with Gasteiger partial charge in [0.05, 0.1) is 43.9 Å². The molecular weight excluding hydrogens is 418 g/mol. The summed E-state index contributed by atoms with van der Waals surface area (Å²) >= 11 is 0. The lowest BCUT2D eigenvalue weighted by atomic mass is 10.1. The Labute approximate surface area is 198 Å². The second kappa shape index (κ2) is 7.68. The zero-order valence-electron chi connectivity index (χ0n) is 19.5. The maximum Gasteiger partial charge on any atom is 0.132 e. The molecule has 8 bridgehead atoms. The first-order chi connectivity index (χ1) is 16.4. The minimum absolute atomic E-state index is 0.786. The second-order valence-corrected chi connectivity index (χ2v) is 9.65. The number of benzene rings is 1. The van der Waals surface area contributed by atoms with Gasteiger partial charge in [-0.1, -0.05) is 0 Å². The Morgan fingerprint density at radius 2 is 1.15 bits per heavy atom. The Bertz CT molecular complexity index is 1620. The molecule has 0 saturated heterocycles. The molecular formula is C29H26N5+. The van der Waals surface area contributed by atoms with E-state index in [1.54, 1.807) is 0 Å². The normalized spacial score (nSPS) is 12.9. The lowest BCUT2D eigenvalue weighted by molar-refractivity contribution is 0.486. The highest BCUT2D eigenvalue weighted by atomic mass is 15.3. The van der Waals surface area contributed by atoms with Gasteiger partial charge in [-0.05, 0) is 96.6 Å².